The van der Waals surface area contributed by atoms with E-state index in [9.17, 15) is 4.39 Å². The van der Waals surface area contributed by atoms with E-state index in [0.717, 1.165) is 31.8 Å². The summed E-state index contributed by atoms with van der Waals surface area (Å²) in [4.78, 5) is 0. The number of ether oxygens (including phenoxy) is 1. The molecule has 70 valence electrons. The molecule has 2 aliphatic rings. The van der Waals surface area contributed by atoms with Crippen LogP contribution in [0.25, 0.3) is 0 Å². The van der Waals surface area contributed by atoms with Crippen LogP contribution in [0.1, 0.15) is 32.6 Å². The first-order chi connectivity index (χ1) is 5.77. The maximum Gasteiger partial charge on any atom is 0.103 e. The average Bonchev–Trinajstić information content (AvgIpc) is 2.04. The molecule has 1 saturated carbocycles. The van der Waals surface area contributed by atoms with Crippen LogP contribution in [0.2, 0.25) is 0 Å². The van der Waals surface area contributed by atoms with E-state index in [1.807, 2.05) is 0 Å². The molecule has 1 aliphatic carbocycles. The van der Waals surface area contributed by atoms with Crippen LogP contribution in [0.15, 0.2) is 0 Å². The molecule has 2 fully saturated rings. The molecule has 0 aromatic carbocycles. The fourth-order valence-corrected chi connectivity index (χ4v) is 2.57. The molecule has 0 radical (unpaired) electrons. The Hall–Kier alpha value is -0.110. The summed E-state index contributed by atoms with van der Waals surface area (Å²) in [7, 11) is 0. The third-order valence-corrected chi connectivity index (χ3v) is 3.41. The van der Waals surface area contributed by atoms with E-state index in [2.05, 4.69) is 6.92 Å². The Kier molecular flexibility index (Phi) is 2.35. The Balaban J connectivity index is 1.99. The van der Waals surface area contributed by atoms with Crippen molar-refractivity contribution < 1.29 is 9.13 Å². The van der Waals surface area contributed by atoms with E-state index in [1.54, 1.807) is 0 Å². The first-order valence-corrected chi connectivity index (χ1v) is 5.03. The molecule has 1 aliphatic heterocycles. The zero-order valence-corrected chi connectivity index (χ0v) is 7.63. The SMILES string of the molecule is C[C@H]1CCOC2CC(F)CCC21. The topological polar surface area (TPSA) is 9.23 Å². The summed E-state index contributed by atoms with van der Waals surface area (Å²) < 4.78 is 18.6. The lowest BCUT2D eigenvalue weighted by molar-refractivity contribution is -0.0872. The van der Waals surface area contributed by atoms with Crippen molar-refractivity contribution >= 4 is 0 Å². The van der Waals surface area contributed by atoms with E-state index in [1.165, 1.54) is 0 Å². The summed E-state index contributed by atoms with van der Waals surface area (Å²) in [5.74, 6) is 1.39. The number of fused-ring (bicyclic) bond motifs is 1. The minimum absolute atomic E-state index is 0.234. The van der Waals surface area contributed by atoms with Gasteiger partial charge in [-0.2, -0.15) is 0 Å². The number of hydrogen-bond acceptors (Lipinski definition) is 1. The van der Waals surface area contributed by atoms with Gasteiger partial charge in [0.1, 0.15) is 6.17 Å². The number of hydrogen-bond donors (Lipinski definition) is 0. The van der Waals surface area contributed by atoms with Gasteiger partial charge in [-0.25, -0.2) is 4.39 Å². The first-order valence-electron chi connectivity index (χ1n) is 5.03. The Morgan fingerprint density at radius 2 is 2.08 bits per heavy atom. The maximum absolute atomic E-state index is 13.0. The highest BCUT2D eigenvalue weighted by molar-refractivity contribution is 4.86. The van der Waals surface area contributed by atoms with Crippen molar-refractivity contribution in [2.75, 3.05) is 6.61 Å². The van der Waals surface area contributed by atoms with Gasteiger partial charge in [-0.15, -0.1) is 0 Å². The van der Waals surface area contributed by atoms with Crippen LogP contribution in [0.3, 0.4) is 0 Å². The Morgan fingerprint density at radius 1 is 1.25 bits per heavy atom. The molecule has 0 spiro atoms. The highest BCUT2D eigenvalue weighted by Crippen LogP contribution is 2.38. The van der Waals surface area contributed by atoms with Gasteiger partial charge in [0.25, 0.3) is 0 Å². The van der Waals surface area contributed by atoms with Crippen molar-refractivity contribution in [2.45, 2.75) is 44.9 Å². The van der Waals surface area contributed by atoms with Gasteiger partial charge in [0.2, 0.25) is 0 Å². The standard InChI is InChI=1S/C10H17FO/c1-7-4-5-12-10-6-8(11)2-3-9(7)10/h7-10H,2-6H2,1H3/t7-,8?,9?,10?/m0/s1. The first kappa shape index (κ1) is 8.49. The van der Waals surface area contributed by atoms with Gasteiger partial charge in [-0.1, -0.05) is 6.92 Å². The van der Waals surface area contributed by atoms with Gasteiger partial charge in [0.05, 0.1) is 6.10 Å². The quantitative estimate of drug-likeness (QED) is 0.545. The minimum Gasteiger partial charge on any atom is -0.378 e. The molecule has 2 rings (SSSR count). The van der Waals surface area contributed by atoms with Crippen LogP contribution in [0.5, 0.6) is 0 Å². The average molecular weight is 172 g/mol. The van der Waals surface area contributed by atoms with Crippen molar-refractivity contribution in [2.24, 2.45) is 11.8 Å². The lowest BCUT2D eigenvalue weighted by Gasteiger charge is -2.40. The van der Waals surface area contributed by atoms with Gasteiger partial charge in [0, 0.05) is 13.0 Å². The van der Waals surface area contributed by atoms with Gasteiger partial charge in [0.15, 0.2) is 0 Å². The van der Waals surface area contributed by atoms with Gasteiger partial charge in [-0.05, 0) is 31.1 Å². The minimum atomic E-state index is -0.600. The number of rotatable bonds is 0. The van der Waals surface area contributed by atoms with Gasteiger partial charge < -0.3 is 4.74 Å². The maximum atomic E-state index is 13.0. The van der Waals surface area contributed by atoms with Crippen molar-refractivity contribution in [1.29, 1.82) is 0 Å². The molecule has 1 saturated heterocycles. The van der Waals surface area contributed by atoms with E-state index in [4.69, 9.17) is 4.74 Å². The summed E-state index contributed by atoms with van der Waals surface area (Å²) in [6.07, 6.45) is 3.24. The monoisotopic (exact) mass is 172 g/mol. The van der Waals surface area contributed by atoms with Crippen LogP contribution in [0.4, 0.5) is 4.39 Å². The predicted molar refractivity (Wildman–Crippen MR) is 45.8 cm³/mol. The van der Waals surface area contributed by atoms with Crippen molar-refractivity contribution in [3.8, 4) is 0 Å². The molecule has 1 heterocycles. The summed E-state index contributed by atoms with van der Waals surface area (Å²) in [6, 6.07) is 0. The Labute approximate surface area is 73.3 Å². The van der Waals surface area contributed by atoms with Gasteiger partial charge in [-0.3, -0.25) is 0 Å². The molecule has 4 atom stereocenters. The lowest BCUT2D eigenvalue weighted by atomic mass is 9.75. The second-order valence-electron chi connectivity index (χ2n) is 4.25. The number of halogens is 1. The third-order valence-electron chi connectivity index (χ3n) is 3.41. The second-order valence-corrected chi connectivity index (χ2v) is 4.25. The Morgan fingerprint density at radius 3 is 2.92 bits per heavy atom. The molecular weight excluding hydrogens is 155 g/mol. The van der Waals surface area contributed by atoms with Crippen molar-refractivity contribution in [3.63, 3.8) is 0 Å². The van der Waals surface area contributed by atoms with Crippen LogP contribution in [0, 0.1) is 11.8 Å². The molecule has 0 amide bonds. The van der Waals surface area contributed by atoms with Crippen LogP contribution < -0.4 is 0 Å². The predicted octanol–water partition coefficient (Wildman–Crippen LogP) is 2.55. The summed E-state index contributed by atoms with van der Waals surface area (Å²) >= 11 is 0. The van der Waals surface area contributed by atoms with Crippen LogP contribution in [-0.2, 0) is 4.74 Å². The fourth-order valence-electron chi connectivity index (χ4n) is 2.57. The molecule has 0 N–H and O–H groups in total. The smallest absolute Gasteiger partial charge is 0.103 e. The zero-order valence-electron chi connectivity index (χ0n) is 7.63. The van der Waals surface area contributed by atoms with Crippen LogP contribution in [-0.4, -0.2) is 18.9 Å². The van der Waals surface area contributed by atoms with E-state index in [-0.39, 0.29) is 6.10 Å². The fraction of sp³-hybridized carbons (Fsp3) is 1.00. The highest BCUT2D eigenvalue weighted by Gasteiger charge is 2.36. The summed E-state index contributed by atoms with van der Waals surface area (Å²) in [5.41, 5.74) is 0. The molecule has 1 nitrogen and oxygen atoms in total. The normalized spacial score (nSPS) is 48.5. The second kappa shape index (κ2) is 3.33. The Bertz CT molecular complexity index is 160. The molecule has 0 bridgehead atoms. The molecule has 0 aromatic heterocycles. The molecule has 3 unspecified atom stereocenters. The molecule has 0 aromatic rings. The summed E-state index contributed by atoms with van der Waals surface area (Å²) in [5, 5.41) is 0. The van der Waals surface area contributed by atoms with E-state index < -0.39 is 6.17 Å². The largest absolute Gasteiger partial charge is 0.378 e. The van der Waals surface area contributed by atoms with Gasteiger partial charge >= 0.3 is 0 Å². The van der Waals surface area contributed by atoms with E-state index in [0.29, 0.717) is 12.3 Å². The molecular formula is C10H17FO. The van der Waals surface area contributed by atoms with Crippen LogP contribution >= 0.6 is 0 Å². The molecule has 12 heavy (non-hydrogen) atoms. The summed E-state index contributed by atoms with van der Waals surface area (Å²) in [6.45, 7) is 3.12. The third kappa shape index (κ3) is 1.49. The van der Waals surface area contributed by atoms with E-state index >= 15 is 0 Å². The van der Waals surface area contributed by atoms with Crippen molar-refractivity contribution in [3.05, 3.63) is 0 Å². The van der Waals surface area contributed by atoms with Crippen molar-refractivity contribution in [1.82, 2.24) is 0 Å². The number of alkyl halides is 1. The zero-order chi connectivity index (χ0) is 8.55. The highest BCUT2D eigenvalue weighted by atomic mass is 19.1. The lowest BCUT2D eigenvalue weighted by Crippen LogP contribution is -2.40. The molecule has 2 heteroatoms.